The largest absolute Gasteiger partial charge is 0.473 e. The van der Waals surface area contributed by atoms with E-state index in [-0.39, 0.29) is 17.6 Å². The van der Waals surface area contributed by atoms with Crippen molar-refractivity contribution in [3.05, 3.63) is 75.5 Å². The number of alkyl halides is 3. The van der Waals surface area contributed by atoms with E-state index >= 15 is 0 Å². The van der Waals surface area contributed by atoms with Crippen molar-refractivity contribution in [2.24, 2.45) is 0 Å². The molecule has 0 aliphatic rings. The van der Waals surface area contributed by atoms with Crippen LogP contribution >= 0.6 is 22.6 Å². The molecule has 0 unspecified atom stereocenters. The average Bonchev–Trinajstić information content (AvgIpc) is 2.60. The van der Waals surface area contributed by atoms with Gasteiger partial charge in [0.05, 0.1) is 5.56 Å². The minimum Gasteiger partial charge on any atom is -0.473 e. The summed E-state index contributed by atoms with van der Waals surface area (Å²) in [5.41, 5.74) is 0.155. The average molecular weight is 472 g/mol. The smallest absolute Gasteiger partial charge is 0.416 e. The molecule has 1 aromatic heterocycles. The second-order valence-corrected chi connectivity index (χ2v) is 6.32. The van der Waals surface area contributed by atoms with Gasteiger partial charge < -0.3 is 9.47 Å². The predicted octanol–water partition coefficient (Wildman–Crippen LogP) is 5.47. The molecule has 0 aliphatic heterocycles. The third-order valence-electron chi connectivity index (χ3n) is 3.25. The Morgan fingerprint density at radius 3 is 2.42 bits per heavy atom. The van der Waals surface area contributed by atoms with Gasteiger partial charge >= 0.3 is 12.2 Å². The van der Waals surface area contributed by atoms with Gasteiger partial charge in [-0.1, -0.05) is 36.4 Å². The Labute approximate surface area is 161 Å². The molecule has 0 saturated carbocycles. The summed E-state index contributed by atoms with van der Waals surface area (Å²) in [7, 11) is 0. The standard InChI is InChI=1S/C18H12F3IN2O2/c19-18(20,21)13-7-4-8-14(9-13)26-17-23-15(22)10-16(24-17)25-11-12-5-2-1-3-6-12/h1-10H,11H2. The molecule has 8 heteroatoms. The minimum atomic E-state index is -4.45. The monoisotopic (exact) mass is 472 g/mol. The summed E-state index contributed by atoms with van der Waals surface area (Å²) in [5.74, 6) is 0.270. The molecule has 0 N–H and O–H groups in total. The highest BCUT2D eigenvalue weighted by Gasteiger charge is 2.30. The zero-order chi connectivity index (χ0) is 18.6. The van der Waals surface area contributed by atoms with Crippen LogP contribution in [0.5, 0.6) is 17.6 Å². The maximum Gasteiger partial charge on any atom is 0.416 e. The maximum atomic E-state index is 12.8. The predicted molar refractivity (Wildman–Crippen MR) is 97.0 cm³/mol. The zero-order valence-corrected chi connectivity index (χ0v) is 15.4. The highest BCUT2D eigenvalue weighted by atomic mass is 127. The first kappa shape index (κ1) is 18.4. The molecule has 0 spiro atoms. The number of benzene rings is 2. The van der Waals surface area contributed by atoms with Crippen LogP contribution in [0.1, 0.15) is 11.1 Å². The second-order valence-electron chi connectivity index (χ2n) is 5.21. The summed E-state index contributed by atoms with van der Waals surface area (Å²) >= 11 is 1.96. The van der Waals surface area contributed by atoms with E-state index < -0.39 is 11.7 Å². The van der Waals surface area contributed by atoms with Crippen LogP contribution in [0, 0.1) is 3.70 Å². The van der Waals surface area contributed by atoms with Crippen molar-refractivity contribution in [2.45, 2.75) is 12.8 Å². The molecule has 0 bridgehead atoms. The highest BCUT2D eigenvalue weighted by molar-refractivity contribution is 14.1. The molecule has 0 fully saturated rings. The first-order valence-electron chi connectivity index (χ1n) is 7.46. The Kier molecular flexibility index (Phi) is 5.60. The van der Waals surface area contributed by atoms with Gasteiger partial charge in [0.2, 0.25) is 5.88 Å². The van der Waals surface area contributed by atoms with E-state index in [4.69, 9.17) is 9.47 Å². The van der Waals surface area contributed by atoms with Gasteiger partial charge in [0.15, 0.2) is 0 Å². The van der Waals surface area contributed by atoms with Gasteiger partial charge in [0, 0.05) is 6.07 Å². The van der Waals surface area contributed by atoms with Gasteiger partial charge in [-0.15, -0.1) is 0 Å². The molecule has 0 aliphatic carbocycles. The van der Waals surface area contributed by atoms with Crippen LogP contribution in [0.25, 0.3) is 0 Å². The fourth-order valence-corrected chi connectivity index (χ4v) is 2.54. The second kappa shape index (κ2) is 7.90. The van der Waals surface area contributed by atoms with Crippen molar-refractivity contribution in [3.63, 3.8) is 0 Å². The molecule has 4 nitrogen and oxygen atoms in total. The SMILES string of the molecule is FC(F)(F)c1cccc(Oc2nc(I)cc(OCc3ccccc3)n2)c1. The fourth-order valence-electron chi connectivity index (χ4n) is 2.07. The van der Waals surface area contributed by atoms with Crippen LogP contribution in [0.3, 0.4) is 0 Å². The molecule has 3 aromatic rings. The van der Waals surface area contributed by atoms with Gasteiger partial charge in [-0.25, -0.2) is 0 Å². The third-order valence-corrected chi connectivity index (χ3v) is 3.80. The van der Waals surface area contributed by atoms with Crippen LogP contribution in [0.4, 0.5) is 13.2 Å². The lowest BCUT2D eigenvalue weighted by Gasteiger charge is -2.10. The Balaban J connectivity index is 1.75. The highest BCUT2D eigenvalue weighted by Crippen LogP contribution is 2.32. The lowest BCUT2D eigenvalue weighted by molar-refractivity contribution is -0.137. The molecule has 1 heterocycles. The van der Waals surface area contributed by atoms with E-state index in [1.165, 1.54) is 12.1 Å². The molecule has 2 aromatic carbocycles. The Bertz CT molecular complexity index is 889. The summed E-state index contributed by atoms with van der Waals surface area (Å²) in [6.45, 7) is 0.303. The van der Waals surface area contributed by atoms with Gasteiger partial charge in [-0.05, 0) is 46.4 Å². The quantitative estimate of drug-likeness (QED) is 0.365. The van der Waals surface area contributed by atoms with E-state index in [1.54, 1.807) is 6.07 Å². The molecular formula is C18H12F3IN2O2. The molecule has 0 atom stereocenters. The molecular weight excluding hydrogens is 460 g/mol. The van der Waals surface area contributed by atoms with E-state index in [9.17, 15) is 13.2 Å². The van der Waals surface area contributed by atoms with E-state index in [0.29, 0.717) is 10.3 Å². The molecule has 0 amide bonds. The summed E-state index contributed by atoms with van der Waals surface area (Å²) in [6.07, 6.45) is -4.45. The number of ether oxygens (including phenoxy) is 2. The van der Waals surface area contributed by atoms with Gasteiger partial charge in [0.25, 0.3) is 0 Å². The van der Waals surface area contributed by atoms with Crippen molar-refractivity contribution in [1.29, 1.82) is 0 Å². The number of halogens is 4. The molecule has 0 radical (unpaired) electrons. The Morgan fingerprint density at radius 1 is 0.923 bits per heavy atom. The number of hydrogen-bond acceptors (Lipinski definition) is 4. The number of rotatable bonds is 5. The van der Waals surface area contributed by atoms with Gasteiger partial charge in [-0.2, -0.15) is 23.1 Å². The van der Waals surface area contributed by atoms with Gasteiger partial charge in [0.1, 0.15) is 16.1 Å². The first-order valence-corrected chi connectivity index (χ1v) is 8.54. The van der Waals surface area contributed by atoms with Crippen molar-refractivity contribution >= 4 is 22.6 Å². The van der Waals surface area contributed by atoms with Gasteiger partial charge in [-0.3, -0.25) is 0 Å². The lowest BCUT2D eigenvalue weighted by atomic mass is 10.2. The van der Waals surface area contributed by atoms with E-state index in [2.05, 4.69) is 9.97 Å². The molecule has 3 rings (SSSR count). The Morgan fingerprint density at radius 2 is 1.69 bits per heavy atom. The van der Waals surface area contributed by atoms with E-state index in [0.717, 1.165) is 17.7 Å². The van der Waals surface area contributed by atoms with Crippen LogP contribution < -0.4 is 9.47 Å². The zero-order valence-electron chi connectivity index (χ0n) is 13.2. The minimum absolute atomic E-state index is 0.00386. The van der Waals surface area contributed by atoms with Crippen LogP contribution in [0.2, 0.25) is 0 Å². The normalized spacial score (nSPS) is 11.2. The summed E-state index contributed by atoms with van der Waals surface area (Å²) in [6, 6.07) is 15.6. The summed E-state index contributed by atoms with van der Waals surface area (Å²) in [5, 5.41) is 0. The number of aromatic nitrogens is 2. The van der Waals surface area contributed by atoms with Crippen LogP contribution in [-0.2, 0) is 12.8 Å². The van der Waals surface area contributed by atoms with Crippen LogP contribution in [-0.4, -0.2) is 9.97 Å². The van der Waals surface area contributed by atoms with E-state index in [1.807, 2.05) is 52.9 Å². The summed E-state index contributed by atoms with van der Waals surface area (Å²) < 4.78 is 49.9. The van der Waals surface area contributed by atoms with Crippen LogP contribution in [0.15, 0.2) is 60.7 Å². The number of hydrogen-bond donors (Lipinski definition) is 0. The number of nitrogens with zero attached hydrogens (tertiary/aromatic N) is 2. The maximum absolute atomic E-state index is 12.8. The topological polar surface area (TPSA) is 44.2 Å². The lowest BCUT2D eigenvalue weighted by Crippen LogP contribution is -2.05. The van der Waals surface area contributed by atoms with Crippen molar-refractivity contribution in [1.82, 2.24) is 9.97 Å². The Hall–Kier alpha value is -2.36. The molecule has 134 valence electrons. The van der Waals surface area contributed by atoms with Crippen molar-refractivity contribution in [2.75, 3.05) is 0 Å². The molecule has 0 saturated heterocycles. The van der Waals surface area contributed by atoms with Crippen molar-refractivity contribution < 1.29 is 22.6 Å². The summed E-state index contributed by atoms with van der Waals surface area (Å²) in [4.78, 5) is 8.16. The van der Waals surface area contributed by atoms with Crippen molar-refractivity contribution in [3.8, 4) is 17.6 Å². The fraction of sp³-hybridized carbons (Fsp3) is 0.111. The first-order chi connectivity index (χ1) is 12.4. The third kappa shape index (κ3) is 5.07. The molecule has 26 heavy (non-hydrogen) atoms.